The molecule has 6 heteroatoms. The molecule has 26 heavy (non-hydrogen) atoms. The molecule has 6 nitrogen and oxygen atoms in total. The normalized spacial score (nSPS) is 43.7. The van der Waals surface area contributed by atoms with Gasteiger partial charge in [-0.1, -0.05) is 20.4 Å². The van der Waals surface area contributed by atoms with E-state index in [1.807, 2.05) is 0 Å². The van der Waals surface area contributed by atoms with E-state index >= 15 is 0 Å². The third-order valence-corrected chi connectivity index (χ3v) is 7.74. The molecule has 2 bridgehead atoms. The second-order valence-corrected chi connectivity index (χ2v) is 9.02. The smallest absolute Gasteiger partial charge is 0.331 e. The topological polar surface area (TPSA) is 89.9 Å². The highest BCUT2D eigenvalue weighted by atomic mass is 16.5. The number of carboxylic acids is 1. The van der Waals surface area contributed by atoms with Crippen LogP contribution in [0, 0.1) is 34.5 Å². The number of ether oxygens (including phenoxy) is 2. The summed E-state index contributed by atoms with van der Waals surface area (Å²) in [6, 6.07) is 0. The van der Waals surface area contributed by atoms with Crippen LogP contribution in [0.1, 0.15) is 39.5 Å². The summed E-state index contributed by atoms with van der Waals surface area (Å²) >= 11 is 0. The van der Waals surface area contributed by atoms with Gasteiger partial charge in [0.05, 0.1) is 24.0 Å². The molecule has 6 atom stereocenters. The summed E-state index contributed by atoms with van der Waals surface area (Å²) in [5.74, 6) is -1.90. The zero-order valence-electron chi connectivity index (χ0n) is 15.3. The van der Waals surface area contributed by atoms with Crippen LogP contribution in [0.5, 0.6) is 0 Å². The van der Waals surface area contributed by atoms with Crippen LogP contribution in [0.2, 0.25) is 0 Å². The summed E-state index contributed by atoms with van der Waals surface area (Å²) in [4.78, 5) is 37.0. The summed E-state index contributed by atoms with van der Waals surface area (Å²) in [7, 11) is 0. The summed E-state index contributed by atoms with van der Waals surface area (Å²) in [5.41, 5.74) is -0.677. The van der Waals surface area contributed by atoms with Crippen molar-refractivity contribution in [3.05, 3.63) is 12.2 Å². The zero-order chi connectivity index (χ0) is 18.9. The van der Waals surface area contributed by atoms with Crippen LogP contribution < -0.4 is 0 Å². The molecule has 2 saturated carbocycles. The monoisotopic (exact) mass is 362 g/mol. The predicted octanol–water partition coefficient (Wildman–Crippen LogP) is 2.22. The average Bonchev–Trinajstić information content (AvgIpc) is 2.80. The van der Waals surface area contributed by atoms with E-state index < -0.39 is 17.3 Å². The Morgan fingerprint density at radius 3 is 2.69 bits per heavy atom. The number of carboxylic acid groups (broad SMARTS) is 1. The fourth-order valence-electron chi connectivity index (χ4n) is 6.14. The molecule has 1 spiro atoms. The van der Waals surface area contributed by atoms with E-state index in [0.29, 0.717) is 32.3 Å². The number of rotatable bonds is 2. The van der Waals surface area contributed by atoms with Crippen molar-refractivity contribution in [2.45, 2.75) is 45.6 Å². The van der Waals surface area contributed by atoms with Gasteiger partial charge in [-0.3, -0.25) is 9.59 Å². The van der Waals surface area contributed by atoms with Crippen LogP contribution in [0.15, 0.2) is 12.2 Å². The molecule has 0 aromatic rings. The Balaban J connectivity index is 1.69. The maximum atomic E-state index is 13.2. The number of aliphatic carboxylic acids is 1. The van der Waals surface area contributed by atoms with Gasteiger partial charge in [-0.05, 0) is 36.5 Å². The fraction of sp³-hybridized carbons (Fsp3) is 0.750. The van der Waals surface area contributed by atoms with Gasteiger partial charge in [0.25, 0.3) is 0 Å². The molecule has 0 aromatic heterocycles. The number of cyclic esters (lactones) is 1. The van der Waals surface area contributed by atoms with Crippen molar-refractivity contribution >= 4 is 17.7 Å². The van der Waals surface area contributed by atoms with Gasteiger partial charge in [0.15, 0.2) is 0 Å². The van der Waals surface area contributed by atoms with Crippen LogP contribution >= 0.6 is 0 Å². The van der Waals surface area contributed by atoms with Crippen molar-refractivity contribution in [1.82, 2.24) is 0 Å². The largest absolute Gasteiger partial charge is 0.478 e. The number of ketones is 1. The molecule has 0 amide bonds. The number of Topliss-reactive ketones (excluding diaryl/α,β-unsaturated/α-hetero) is 1. The first-order chi connectivity index (χ1) is 12.2. The number of esters is 1. The molecule has 2 aliphatic heterocycles. The molecule has 4 aliphatic rings. The second kappa shape index (κ2) is 5.65. The van der Waals surface area contributed by atoms with Crippen molar-refractivity contribution in [3.63, 3.8) is 0 Å². The van der Waals surface area contributed by atoms with Crippen LogP contribution in [0.3, 0.4) is 0 Å². The van der Waals surface area contributed by atoms with Gasteiger partial charge >= 0.3 is 11.9 Å². The maximum Gasteiger partial charge on any atom is 0.331 e. The number of hydrogen-bond donors (Lipinski definition) is 1. The van der Waals surface area contributed by atoms with Crippen LogP contribution in [-0.2, 0) is 23.9 Å². The number of carbonyl (C=O) groups excluding carboxylic acids is 2. The molecular formula is C20H26O6. The standard InChI is InChI=1S/C20H26O6/c1-10(17(22)23)11-4-5-13-12(6-11)18(24)26-9-20(13)14-8-25-16(7-15(20)21)19(14,2)3/h11-14,16H,1,4-9H2,2-3H3,(H,22,23)/t11-,12+,13-,14+,16+,20+/m1/s1. The Hall–Kier alpha value is -1.69. The van der Waals surface area contributed by atoms with Gasteiger partial charge in [-0.2, -0.15) is 0 Å². The lowest BCUT2D eigenvalue weighted by Crippen LogP contribution is -2.63. The van der Waals surface area contributed by atoms with Crippen LogP contribution in [-0.4, -0.2) is 42.1 Å². The van der Waals surface area contributed by atoms with E-state index in [2.05, 4.69) is 20.4 Å². The molecule has 2 heterocycles. The maximum absolute atomic E-state index is 13.2. The Kier molecular flexibility index (Phi) is 3.85. The molecule has 4 rings (SSSR count). The van der Waals surface area contributed by atoms with Crippen molar-refractivity contribution in [2.24, 2.45) is 34.5 Å². The van der Waals surface area contributed by atoms with Gasteiger partial charge in [-0.25, -0.2) is 4.79 Å². The first kappa shape index (κ1) is 17.7. The first-order valence-electron chi connectivity index (χ1n) is 9.43. The lowest BCUT2D eigenvalue weighted by atomic mass is 9.47. The van der Waals surface area contributed by atoms with Gasteiger partial charge < -0.3 is 14.6 Å². The lowest BCUT2D eigenvalue weighted by molar-refractivity contribution is -0.193. The summed E-state index contributed by atoms with van der Waals surface area (Å²) in [5, 5.41) is 9.25. The van der Waals surface area contributed by atoms with E-state index in [1.54, 1.807) is 0 Å². The quantitative estimate of drug-likeness (QED) is 0.598. The van der Waals surface area contributed by atoms with Crippen molar-refractivity contribution in [1.29, 1.82) is 0 Å². The lowest BCUT2D eigenvalue weighted by Gasteiger charge is -2.56. The molecule has 0 radical (unpaired) electrons. The van der Waals surface area contributed by atoms with Crippen LogP contribution in [0.4, 0.5) is 0 Å². The number of fused-ring (bicyclic) bond motifs is 5. The Morgan fingerprint density at radius 2 is 2.00 bits per heavy atom. The van der Waals surface area contributed by atoms with Gasteiger partial charge in [-0.15, -0.1) is 0 Å². The minimum Gasteiger partial charge on any atom is -0.478 e. The van der Waals surface area contributed by atoms with Crippen LogP contribution in [0.25, 0.3) is 0 Å². The Labute approximate surface area is 152 Å². The first-order valence-corrected chi connectivity index (χ1v) is 9.43. The molecule has 1 N–H and O–H groups in total. The summed E-state index contributed by atoms with van der Waals surface area (Å²) < 4.78 is 11.5. The number of carbonyl (C=O) groups is 3. The van der Waals surface area contributed by atoms with E-state index in [4.69, 9.17) is 9.47 Å². The highest BCUT2D eigenvalue weighted by Crippen LogP contribution is 2.62. The zero-order valence-corrected chi connectivity index (χ0v) is 15.3. The Bertz CT molecular complexity index is 694. The molecule has 4 fully saturated rings. The minimum absolute atomic E-state index is 0.0288. The predicted molar refractivity (Wildman–Crippen MR) is 91.1 cm³/mol. The summed E-state index contributed by atoms with van der Waals surface area (Å²) in [6.45, 7) is 8.64. The van der Waals surface area contributed by atoms with E-state index in [1.165, 1.54) is 0 Å². The number of hydrogen-bond acceptors (Lipinski definition) is 5. The highest BCUT2D eigenvalue weighted by molar-refractivity contribution is 5.90. The highest BCUT2D eigenvalue weighted by Gasteiger charge is 2.68. The third kappa shape index (κ3) is 2.17. The van der Waals surface area contributed by atoms with Crippen molar-refractivity contribution < 1.29 is 29.0 Å². The van der Waals surface area contributed by atoms with Gasteiger partial charge in [0.2, 0.25) is 0 Å². The molecule has 142 valence electrons. The molecule has 2 aliphatic carbocycles. The third-order valence-electron chi connectivity index (χ3n) is 7.74. The van der Waals surface area contributed by atoms with E-state index in [-0.39, 0.29) is 53.2 Å². The van der Waals surface area contributed by atoms with Gasteiger partial charge in [0.1, 0.15) is 12.4 Å². The van der Waals surface area contributed by atoms with Crippen molar-refractivity contribution in [2.75, 3.05) is 13.2 Å². The second-order valence-electron chi connectivity index (χ2n) is 9.02. The molecule has 2 saturated heterocycles. The van der Waals surface area contributed by atoms with Crippen molar-refractivity contribution in [3.8, 4) is 0 Å². The molecule has 0 unspecified atom stereocenters. The SMILES string of the molecule is C=C(C(=O)O)[C@@H]1CC[C@@H]2[C@H](C1)C(=O)OC[C@]21C(=O)C[C@@H]2OC[C@H]1C2(C)C. The fourth-order valence-corrected chi connectivity index (χ4v) is 6.14. The molecule has 0 aromatic carbocycles. The van der Waals surface area contributed by atoms with E-state index in [0.717, 1.165) is 0 Å². The Morgan fingerprint density at radius 1 is 1.27 bits per heavy atom. The molecular weight excluding hydrogens is 336 g/mol. The van der Waals surface area contributed by atoms with Gasteiger partial charge in [0, 0.05) is 17.9 Å². The average molecular weight is 362 g/mol. The summed E-state index contributed by atoms with van der Waals surface area (Å²) in [6.07, 6.45) is 2.01. The minimum atomic E-state index is -1.02. The van der Waals surface area contributed by atoms with E-state index in [9.17, 15) is 19.5 Å².